The molecule has 1 aromatic rings. The minimum atomic E-state index is -0.102. The molecule has 1 saturated carbocycles. The molecule has 0 saturated heterocycles. The Labute approximate surface area is 125 Å². The van der Waals surface area contributed by atoms with Crippen molar-refractivity contribution in [1.82, 2.24) is 4.90 Å². The third kappa shape index (κ3) is 3.25. The number of hydrogen-bond donors (Lipinski definition) is 2. The van der Waals surface area contributed by atoms with E-state index < -0.39 is 0 Å². The van der Waals surface area contributed by atoms with Crippen molar-refractivity contribution < 1.29 is 4.79 Å². The predicted octanol–water partition coefficient (Wildman–Crippen LogP) is 3.24. The summed E-state index contributed by atoms with van der Waals surface area (Å²) in [5, 5.41) is 3.55. The van der Waals surface area contributed by atoms with Crippen LogP contribution in [0, 0.1) is 12.8 Å². The van der Waals surface area contributed by atoms with Gasteiger partial charge in [-0.15, -0.1) is 0 Å². The van der Waals surface area contributed by atoms with Crippen molar-refractivity contribution in [3.63, 3.8) is 0 Å². The number of aryl methyl sites for hydroxylation is 1. The molecule has 0 bridgehead atoms. The average molecular weight is 296 g/mol. The molecule has 0 spiro atoms. The first-order valence-electron chi connectivity index (χ1n) is 7.03. The molecule has 4 nitrogen and oxygen atoms in total. The highest BCUT2D eigenvalue weighted by molar-refractivity contribution is 6.31. The van der Waals surface area contributed by atoms with Crippen LogP contribution in [0.25, 0.3) is 0 Å². The van der Waals surface area contributed by atoms with E-state index in [0.717, 1.165) is 30.5 Å². The topological polar surface area (TPSA) is 58.4 Å². The lowest BCUT2D eigenvalue weighted by molar-refractivity contribution is 0.190. The maximum atomic E-state index is 12.3. The van der Waals surface area contributed by atoms with Gasteiger partial charge in [-0.1, -0.05) is 24.1 Å². The number of carbonyl (C=O) groups excluding carboxylic acids is 1. The third-order valence-corrected chi connectivity index (χ3v) is 4.57. The Kier molecular flexibility index (Phi) is 4.89. The summed E-state index contributed by atoms with van der Waals surface area (Å²) >= 11 is 6.07. The van der Waals surface area contributed by atoms with Crippen LogP contribution in [-0.4, -0.2) is 30.6 Å². The van der Waals surface area contributed by atoms with Crippen molar-refractivity contribution in [2.45, 2.75) is 32.2 Å². The minimum Gasteiger partial charge on any atom is -0.330 e. The Bertz CT molecular complexity index is 492. The number of benzene rings is 1. The van der Waals surface area contributed by atoms with Crippen LogP contribution < -0.4 is 11.1 Å². The molecule has 0 aromatic heterocycles. The molecule has 2 unspecified atom stereocenters. The van der Waals surface area contributed by atoms with Crippen molar-refractivity contribution in [3.05, 3.63) is 28.8 Å². The number of urea groups is 1. The summed E-state index contributed by atoms with van der Waals surface area (Å²) in [6.45, 7) is 2.57. The van der Waals surface area contributed by atoms with E-state index in [9.17, 15) is 4.79 Å². The predicted molar refractivity (Wildman–Crippen MR) is 83.2 cm³/mol. The SMILES string of the molecule is Cc1ccc(NC(=O)N(C)C2CCCC2CN)cc1Cl. The lowest BCUT2D eigenvalue weighted by atomic mass is 10.0. The van der Waals surface area contributed by atoms with E-state index in [1.165, 1.54) is 0 Å². The Morgan fingerprint density at radius 1 is 1.50 bits per heavy atom. The fraction of sp³-hybridized carbons (Fsp3) is 0.533. The molecule has 0 aliphatic heterocycles. The zero-order valence-corrected chi connectivity index (χ0v) is 12.8. The van der Waals surface area contributed by atoms with Gasteiger partial charge in [0.25, 0.3) is 0 Å². The maximum absolute atomic E-state index is 12.3. The molecule has 1 aliphatic rings. The van der Waals surface area contributed by atoms with Crippen LogP contribution in [0.5, 0.6) is 0 Å². The molecular weight excluding hydrogens is 274 g/mol. The highest BCUT2D eigenvalue weighted by atomic mass is 35.5. The molecule has 2 amide bonds. The molecule has 1 aromatic carbocycles. The lowest BCUT2D eigenvalue weighted by Gasteiger charge is -2.29. The number of halogens is 1. The molecule has 3 N–H and O–H groups in total. The van der Waals surface area contributed by atoms with E-state index in [1.54, 1.807) is 11.0 Å². The van der Waals surface area contributed by atoms with Crippen molar-refractivity contribution in [2.75, 3.05) is 18.9 Å². The first-order chi connectivity index (χ1) is 9.52. The van der Waals surface area contributed by atoms with Crippen LogP contribution in [0.3, 0.4) is 0 Å². The largest absolute Gasteiger partial charge is 0.330 e. The molecule has 1 fully saturated rings. The zero-order valence-electron chi connectivity index (χ0n) is 12.0. The van der Waals surface area contributed by atoms with E-state index in [-0.39, 0.29) is 12.1 Å². The second kappa shape index (κ2) is 6.46. The van der Waals surface area contributed by atoms with Crippen LogP contribution in [0.15, 0.2) is 18.2 Å². The van der Waals surface area contributed by atoms with Crippen LogP contribution in [0.4, 0.5) is 10.5 Å². The Morgan fingerprint density at radius 3 is 2.90 bits per heavy atom. The number of carbonyl (C=O) groups is 1. The van der Waals surface area contributed by atoms with Gasteiger partial charge in [0.2, 0.25) is 0 Å². The van der Waals surface area contributed by atoms with Crippen LogP contribution in [-0.2, 0) is 0 Å². The maximum Gasteiger partial charge on any atom is 0.321 e. The summed E-state index contributed by atoms with van der Waals surface area (Å²) < 4.78 is 0. The van der Waals surface area contributed by atoms with E-state index in [1.807, 2.05) is 26.1 Å². The number of amides is 2. The number of rotatable bonds is 3. The number of nitrogens with one attached hydrogen (secondary N) is 1. The van der Waals surface area contributed by atoms with Gasteiger partial charge in [-0.25, -0.2) is 4.79 Å². The molecule has 5 heteroatoms. The molecule has 2 atom stereocenters. The van der Waals surface area contributed by atoms with Gasteiger partial charge in [-0.05, 0) is 49.9 Å². The fourth-order valence-corrected chi connectivity index (χ4v) is 3.02. The van der Waals surface area contributed by atoms with Gasteiger partial charge >= 0.3 is 6.03 Å². The summed E-state index contributed by atoms with van der Waals surface area (Å²) in [5.74, 6) is 0.410. The summed E-state index contributed by atoms with van der Waals surface area (Å²) in [6, 6.07) is 5.67. The van der Waals surface area contributed by atoms with Gasteiger partial charge in [0.15, 0.2) is 0 Å². The van der Waals surface area contributed by atoms with E-state index in [4.69, 9.17) is 17.3 Å². The van der Waals surface area contributed by atoms with Crippen molar-refractivity contribution in [2.24, 2.45) is 11.7 Å². The van der Waals surface area contributed by atoms with Gasteiger partial charge in [-0.2, -0.15) is 0 Å². The van der Waals surface area contributed by atoms with Gasteiger partial charge in [0, 0.05) is 23.8 Å². The Morgan fingerprint density at radius 2 is 2.25 bits per heavy atom. The van der Waals surface area contributed by atoms with Gasteiger partial charge < -0.3 is 16.0 Å². The van der Waals surface area contributed by atoms with Gasteiger partial charge in [0.1, 0.15) is 0 Å². The standard InChI is InChI=1S/C15H22ClN3O/c1-10-6-7-12(8-13(10)16)18-15(20)19(2)14-5-3-4-11(14)9-17/h6-8,11,14H,3-5,9,17H2,1-2H3,(H,18,20). The second-order valence-corrected chi connectivity index (χ2v) is 5.91. The molecular formula is C15H22ClN3O. The Balaban J connectivity index is 2.02. The monoisotopic (exact) mass is 295 g/mol. The molecule has 110 valence electrons. The zero-order chi connectivity index (χ0) is 14.7. The van der Waals surface area contributed by atoms with Gasteiger partial charge in [-0.3, -0.25) is 0 Å². The summed E-state index contributed by atoms with van der Waals surface area (Å²) in [7, 11) is 1.84. The summed E-state index contributed by atoms with van der Waals surface area (Å²) in [6.07, 6.45) is 3.27. The first kappa shape index (κ1) is 15.1. The van der Waals surface area contributed by atoms with E-state index in [0.29, 0.717) is 17.5 Å². The number of nitrogens with zero attached hydrogens (tertiary/aromatic N) is 1. The average Bonchev–Trinajstić information content (AvgIpc) is 2.90. The fourth-order valence-electron chi connectivity index (χ4n) is 2.83. The summed E-state index contributed by atoms with van der Waals surface area (Å²) in [5.41, 5.74) is 7.49. The van der Waals surface area contributed by atoms with Crippen LogP contribution in [0.2, 0.25) is 5.02 Å². The number of hydrogen-bond acceptors (Lipinski definition) is 2. The summed E-state index contributed by atoms with van der Waals surface area (Å²) in [4.78, 5) is 14.1. The number of anilines is 1. The first-order valence-corrected chi connectivity index (χ1v) is 7.40. The molecule has 0 radical (unpaired) electrons. The van der Waals surface area contributed by atoms with E-state index >= 15 is 0 Å². The molecule has 2 rings (SSSR count). The smallest absolute Gasteiger partial charge is 0.321 e. The van der Waals surface area contributed by atoms with Gasteiger partial charge in [0.05, 0.1) is 0 Å². The van der Waals surface area contributed by atoms with Crippen molar-refractivity contribution in [1.29, 1.82) is 0 Å². The van der Waals surface area contributed by atoms with Crippen molar-refractivity contribution >= 4 is 23.3 Å². The minimum absolute atomic E-state index is 0.102. The third-order valence-electron chi connectivity index (χ3n) is 4.16. The number of nitrogens with two attached hydrogens (primary N) is 1. The highest BCUT2D eigenvalue weighted by Gasteiger charge is 2.31. The highest BCUT2D eigenvalue weighted by Crippen LogP contribution is 2.29. The molecule has 1 aliphatic carbocycles. The molecule has 20 heavy (non-hydrogen) atoms. The Hall–Kier alpha value is -1.26. The van der Waals surface area contributed by atoms with Crippen molar-refractivity contribution in [3.8, 4) is 0 Å². The quantitative estimate of drug-likeness (QED) is 0.899. The lowest BCUT2D eigenvalue weighted by Crippen LogP contribution is -2.43. The van der Waals surface area contributed by atoms with E-state index in [2.05, 4.69) is 5.32 Å². The van der Waals surface area contributed by atoms with Crippen LogP contribution in [0.1, 0.15) is 24.8 Å². The van der Waals surface area contributed by atoms with Crippen LogP contribution >= 0.6 is 11.6 Å². The molecule has 0 heterocycles. The normalized spacial score (nSPS) is 21.8. The second-order valence-electron chi connectivity index (χ2n) is 5.50.